The number of nitrogens with zero attached hydrogens (tertiary/aromatic N) is 6. The van der Waals surface area contributed by atoms with Crippen LogP contribution < -0.4 is 11.1 Å². The lowest BCUT2D eigenvalue weighted by Crippen LogP contribution is -2.09. The van der Waals surface area contributed by atoms with E-state index in [2.05, 4.69) is 46.3 Å². The second-order valence-electron chi connectivity index (χ2n) is 3.79. The molecule has 3 aromatic rings. The van der Waals surface area contributed by atoms with Crippen LogP contribution in [0.2, 0.25) is 0 Å². The fourth-order valence-electron chi connectivity index (χ4n) is 1.55. The highest BCUT2D eigenvalue weighted by molar-refractivity contribution is 9.10. The Labute approximate surface area is 122 Å². The number of rotatable bonds is 3. The first-order valence-electron chi connectivity index (χ1n) is 5.60. The molecule has 20 heavy (non-hydrogen) atoms. The molecular weight excluding hydrogens is 324 g/mol. The van der Waals surface area contributed by atoms with Gasteiger partial charge in [-0.15, -0.1) is 0 Å². The number of aromatic nitrogens is 6. The summed E-state index contributed by atoms with van der Waals surface area (Å²) in [5.74, 6) is 0.733. The zero-order valence-corrected chi connectivity index (χ0v) is 11.7. The summed E-state index contributed by atoms with van der Waals surface area (Å²) in [6.45, 7) is 0. The Bertz CT molecular complexity index is 727. The third-order valence-electron chi connectivity index (χ3n) is 2.35. The van der Waals surface area contributed by atoms with Crippen LogP contribution in [0, 0.1) is 0 Å². The maximum atomic E-state index is 5.68. The van der Waals surface area contributed by atoms with Crippen molar-refractivity contribution in [2.24, 2.45) is 0 Å². The highest BCUT2D eigenvalue weighted by Crippen LogP contribution is 2.19. The molecule has 0 amide bonds. The van der Waals surface area contributed by atoms with Gasteiger partial charge in [0.05, 0.1) is 0 Å². The van der Waals surface area contributed by atoms with E-state index in [9.17, 15) is 0 Å². The normalized spacial score (nSPS) is 10.4. The molecule has 3 N–H and O–H groups in total. The average molecular weight is 333 g/mol. The van der Waals surface area contributed by atoms with Crippen LogP contribution in [0.1, 0.15) is 0 Å². The van der Waals surface area contributed by atoms with Gasteiger partial charge >= 0.3 is 0 Å². The molecule has 0 atom stereocenters. The van der Waals surface area contributed by atoms with Crippen LogP contribution in [-0.2, 0) is 0 Å². The number of hydrogen-bond donors (Lipinski definition) is 2. The van der Waals surface area contributed by atoms with E-state index in [4.69, 9.17) is 5.73 Å². The van der Waals surface area contributed by atoms with E-state index >= 15 is 0 Å². The van der Waals surface area contributed by atoms with E-state index in [-0.39, 0.29) is 5.95 Å². The smallest absolute Gasteiger partial charge is 0.258 e. The third kappa shape index (κ3) is 2.72. The highest BCUT2D eigenvalue weighted by Gasteiger charge is 2.07. The van der Waals surface area contributed by atoms with Gasteiger partial charge in [-0.3, -0.25) is 0 Å². The van der Waals surface area contributed by atoms with Crippen LogP contribution in [0.3, 0.4) is 0 Å². The quantitative estimate of drug-likeness (QED) is 0.748. The van der Waals surface area contributed by atoms with Gasteiger partial charge in [-0.05, 0) is 18.2 Å². The predicted octanol–water partition coefficient (Wildman–Crippen LogP) is 1.54. The SMILES string of the molecule is Nc1nc(Nc2cccc(Br)c2)nc(-n2cncn2)n1. The number of hydrogen-bond acceptors (Lipinski definition) is 7. The lowest BCUT2D eigenvalue weighted by atomic mass is 10.3. The molecule has 3 rings (SSSR count). The molecule has 0 bridgehead atoms. The van der Waals surface area contributed by atoms with Gasteiger partial charge in [0.1, 0.15) is 12.7 Å². The molecule has 0 radical (unpaired) electrons. The highest BCUT2D eigenvalue weighted by atomic mass is 79.9. The van der Waals surface area contributed by atoms with Gasteiger partial charge < -0.3 is 11.1 Å². The van der Waals surface area contributed by atoms with Gasteiger partial charge in [0.2, 0.25) is 11.9 Å². The van der Waals surface area contributed by atoms with Crippen LogP contribution >= 0.6 is 15.9 Å². The van der Waals surface area contributed by atoms with E-state index in [1.165, 1.54) is 17.3 Å². The molecule has 9 heteroatoms. The Morgan fingerprint density at radius 3 is 2.85 bits per heavy atom. The van der Waals surface area contributed by atoms with Crippen molar-refractivity contribution in [3.05, 3.63) is 41.4 Å². The van der Waals surface area contributed by atoms with E-state index < -0.39 is 0 Å². The molecule has 0 unspecified atom stereocenters. The first kappa shape index (κ1) is 12.5. The van der Waals surface area contributed by atoms with Crippen molar-refractivity contribution in [2.75, 3.05) is 11.1 Å². The van der Waals surface area contributed by atoms with Gasteiger partial charge in [0.25, 0.3) is 5.95 Å². The topological polar surface area (TPSA) is 107 Å². The van der Waals surface area contributed by atoms with Crippen molar-refractivity contribution in [3.63, 3.8) is 0 Å². The Hall–Kier alpha value is -2.55. The van der Waals surface area contributed by atoms with E-state index in [0.29, 0.717) is 11.9 Å². The number of nitrogen functional groups attached to an aromatic ring is 1. The monoisotopic (exact) mass is 332 g/mol. The lowest BCUT2D eigenvalue weighted by Gasteiger charge is -2.07. The van der Waals surface area contributed by atoms with Gasteiger partial charge in [0.15, 0.2) is 0 Å². The minimum absolute atomic E-state index is 0.1000. The van der Waals surface area contributed by atoms with Crippen LogP contribution in [0.25, 0.3) is 5.95 Å². The Morgan fingerprint density at radius 1 is 1.20 bits per heavy atom. The number of anilines is 3. The largest absolute Gasteiger partial charge is 0.368 e. The van der Waals surface area contributed by atoms with E-state index in [0.717, 1.165) is 10.2 Å². The molecule has 0 spiro atoms. The molecule has 100 valence electrons. The summed E-state index contributed by atoms with van der Waals surface area (Å²) in [7, 11) is 0. The van der Waals surface area contributed by atoms with Gasteiger partial charge in [-0.1, -0.05) is 22.0 Å². The molecule has 2 aromatic heterocycles. The molecule has 0 aliphatic carbocycles. The standard InChI is InChI=1S/C11H9BrN8/c12-7-2-1-3-8(4-7)16-10-17-9(13)18-11(19-10)20-6-14-5-15-20/h1-6H,(H3,13,16,17,18,19). The molecular formula is C11H9BrN8. The summed E-state index contributed by atoms with van der Waals surface area (Å²) in [5, 5.41) is 7.01. The van der Waals surface area contributed by atoms with Gasteiger partial charge in [-0.2, -0.15) is 24.7 Å². The van der Waals surface area contributed by atoms with Crippen LogP contribution in [0.15, 0.2) is 41.4 Å². The van der Waals surface area contributed by atoms with Crippen molar-refractivity contribution >= 4 is 33.5 Å². The first-order chi connectivity index (χ1) is 9.70. The van der Waals surface area contributed by atoms with Crippen LogP contribution in [-0.4, -0.2) is 29.7 Å². The molecule has 2 heterocycles. The van der Waals surface area contributed by atoms with E-state index in [1.807, 2.05) is 24.3 Å². The molecule has 0 aliphatic heterocycles. The minimum Gasteiger partial charge on any atom is -0.368 e. The fraction of sp³-hybridized carbons (Fsp3) is 0. The number of benzene rings is 1. The summed E-state index contributed by atoms with van der Waals surface area (Å²) < 4.78 is 2.35. The number of nitrogens with two attached hydrogens (primary N) is 1. The second kappa shape index (κ2) is 5.21. The van der Waals surface area contributed by atoms with Crippen molar-refractivity contribution in [3.8, 4) is 5.95 Å². The Morgan fingerprint density at radius 2 is 2.10 bits per heavy atom. The maximum absolute atomic E-state index is 5.68. The second-order valence-corrected chi connectivity index (χ2v) is 4.71. The summed E-state index contributed by atoms with van der Waals surface area (Å²) in [6.07, 6.45) is 2.87. The van der Waals surface area contributed by atoms with Crippen LogP contribution in [0.5, 0.6) is 0 Å². The average Bonchev–Trinajstić information content (AvgIpc) is 2.91. The van der Waals surface area contributed by atoms with Gasteiger partial charge in [-0.25, -0.2) is 4.98 Å². The Balaban J connectivity index is 1.94. The molecule has 8 nitrogen and oxygen atoms in total. The molecule has 0 saturated heterocycles. The van der Waals surface area contributed by atoms with Crippen molar-refractivity contribution in [1.82, 2.24) is 29.7 Å². The summed E-state index contributed by atoms with van der Waals surface area (Å²) in [6, 6.07) is 7.61. The molecule has 0 fully saturated rings. The van der Waals surface area contributed by atoms with Crippen molar-refractivity contribution < 1.29 is 0 Å². The molecule has 0 aliphatic rings. The third-order valence-corrected chi connectivity index (χ3v) is 2.84. The van der Waals surface area contributed by atoms with Crippen molar-refractivity contribution in [2.45, 2.75) is 0 Å². The summed E-state index contributed by atoms with van der Waals surface area (Å²) in [4.78, 5) is 16.1. The first-order valence-corrected chi connectivity index (χ1v) is 6.39. The number of nitrogens with one attached hydrogen (secondary N) is 1. The maximum Gasteiger partial charge on any atom is 0.258 e. The lowest BCUT2D eigenvalue weighted by molar-refractivity contribution is 0.800. The van der Waals surface area contributed by atoms with Gasteiger partial charge in [0, 0.05) is 10.2 Å². The van der Waals surface area contributed by atoms with Crippen LogP contribution in [0.4, 0.5) is 17.6 Å². The van der Waals surface area contributed by atoms with Crippen molar-refractivity contribution in [1.29, 1.82) is 0 Å². The minimum atomic E-state index is 0.1000. The summed E-state index contributed by atoms with van der Waals surface area (Å²) in [5.41, 5.74) is 6.50. The van der Waals surface area contributed by atoms with E-state index in [1.54, 1.807) is 0 Å². The molecule has 0 saturated carbocycles. The fourth-order valence-corrected chi connectivity index (χ4v) is 1.95. The zero-order chi connectivity index (χ0) is 13.9. The number of halogens is 1. The zero-order valence-electron chi connectivity index (χ0n) is 10.1. The molecule has 1 aromatic carbocycles. The summed E-state index contributed by atoms with van der Waals surface area (Å²) >= 11 is 3.40. The predicted molar refractivity (Wildman–Crippen MR) is 76.6 cm³/mol. The Kier molecular flexibility index (Phi) is 3.25.